The Morgan fingerprint density at radius 2 is 1.45 bits per heavy atom. The molecule has 0 saturated carbocycles. The summed E-state index contributed by atoms with van der Waals surface area (Å²) >= 11 is 3.19. The third kappa shape index (κ3) is 6.19. The Kier molecular flexibility index (Phi) is 9.75. The van der Waals surface area contributed by atoms with E-state index in [0.29, 0.717) is 31.0 Å². The van der Waals surface area contributed by atoms with E-state index in [1.54, 1.807) is 22.7 Å². The second-order valence-electron chi connectivity index (χ2n) is 8.43. The molecule has 0 atom stereocenters. The predicted octanol–water partition coefficient (Wildman–Crippen LogP) is 6.86. The summed E-state index contributed by atoms with van der Waals surface area (Å²) in [5.74, 6) is 0. The van der Waals surface area contributed by atoms with Crippen LogP contribution in [-0.4, -0.2) is 41.7 Å². The Morgan fingerprint density at radius 3 is 2.08 bits per heavy atom. The van der Waals surface area contributed by atoms with E-state index >= 15 is 0 Å². The molecule has 0 fully saturated rings. The van der Waals surface area contributed by atoms with E-state index in [1.807, 2.05) is 57.2 Å². The number of fused-ring (bicyclic) bond motifs is 1. The van der Waals surface area contributed by atoms with Crippen LogP contribution in [0.4, 0.5) is 5.69 Å². The summed E-state index contributed by atoms with van der Waals surface area (Å²) in [5, 5.41) is 0.914. The van der Waals surface area contributed by atoms with Crippen LogP contribution in [0.1, 0.15) is 44.4 Å². The van der Waals surface area contributed by atoms with Crippen molar-refractivity contribution in [2.24, 2.45) is 0 Å². The van der Waals surface area contributed by atoms with Gasteiger partial charge in [-0.1, -0.05) is 0 Å². The molecule has 0 radical (unpaired) electrons. The Bertz CT molecular complexity index is 1420. The fourth-order valence-corrected chi connectivity index (χ4v) is 9.39. The Labute approximate surface area is 233 Å². The maximum Gasteiger partial charge on any atom is 0.547 e. The molecule has 9 heteroatoms. The zero-order chi connectivity index (χ0) is 27.1. The summed E-state index contributed by atoms with van der Waals surface area (Å²) in [6, 6.07) is 16.1. The van der Waals surface area contributed by atoms with Crippen molar-refractivity contribution in [3.8, 4) is 10.4 Å². The molecule has 0 aliphatic heterocycles. The van der Waals surface area contributed by atoms with E-state index in [-0.39, 0.29) is 5.63 Å². The van der Waals surface area contributed by atoms with Crippen molar-refractivity contribution < 1.29 is 17.7 Å². The van der Waals surface area contributed by atoms with Crippen LogP contribution in [0.2, 0.25) is 0 Å². The monoisotopic (exact) mass is 569 g/mol. The first-order valence-corrected chi connectivity index (χ1v) is 16.5. The van der Waals surface area contributed by atoms with Gasteiger partial charge in [0.2, 0.25) is 0 Å². The van der Waals surface area contributed by atoms with Gasteiger partial charge in [0.1, 0.15) is 5.58 Å². The van der Waals surface area contributed by atoms with E-state index < -0.39 is 8.80 Å². The predicted molar refractivity (Wildman–Crippen MR) is 163 cm³/mol. The number of hydrogen-bond acceptors (Lipinski definition) is 8. The average Bonchev–Trinajstić information content (AvgIpc) is 3.58. The van der Waals surface area contributed by atoms with Gasteiger partial charge in [0.05, 0.1) is 10.1 Å². The standard InChI is InChI=1S/C29H35NO5S2Si/c1-6-30(7-2)22-12-11-21-19-25(29(31)35-26(21)20-22)27-17-15-23(36-27)13-14-24-16-18-28(37-24)38(32-8-3,33-9-4)34-10-5/h11-20H,6-10H2,1-5H3/b14-13+. The van der Waals surface area contributed by atoms with Crippen molar-refractivity contribution in [2.75, 3.05) is 37.8 Å². The lowest BCUT2D eigenvalue weighted by Crippen LogP contribution is -2.55. The maximum atomic E-state index is 12.9. The summed E-state index contributed by atoms with van der Waals surface area (Å²) < 4.78 is 24.9. The highest BCUT2D eigenvalue weighted by Gasteiger charge is 2.44. The van der Waals surface area contributed by atoms with Gasteiger partial charge in [0.15, 0.2) is 0 Å². The van der Waals surface area contributed by atoms with Crippen LogP contribution < -0.4 is 15.0 Å². The summed E-state index contributed by atoms with van der Waals surface area (Å²) in [5.41, 5.74) is 1.93. The van der Waals surface area contributed by atoms with Crippen molar-refractivity contribution in [2.45, 2.75) is 34.6 Å². The van der Waals surface area contributed by atoms with Crippen molar-refractivity contribution in [3.05, 3.63) is 68.7 Å². The second kappa shape index (κ2) is 13.0. The first-order valence-electron chi connectivity index (χ1n) is 13.1. The molecule has 0 aliphatic carbocycles. The number of anilines is 1. The van der Waals surface area contributed by atoms with Gasteiger partial charge < -0.3 is 22.6 Å². The quantitative estimate of drug-likeness (QED) is 0.130. The average molecular weight is 570 g/mol. The first-order chi connectivity index (χ1) is 18.5. The minimum Gasteiger partial charge on any atom is -0.422 e. The topological polar surface area (TPSA) is 61.1 Å². The molecule has 4 rings (SSSR count). The number of thiophene rings is 2. The number of benzene rings is 1. The second-order valence-corrected chi connectivity index (χ2v) is 13.5. The minimum atomic E-state index is -2.90. The van der Waals surface area contributed by atoms with E-state index in [4.69, 9.17) is 17.7 Å². The molecule has 3 heterocycles. The molecule has 0 unspecified atom stereocenters. The lowest BCUT2D eigenvalue weighted by molar-refractivity contribution is 0.0866. The van der Waals surface area contributed by atoms with Gasteiger partial charge in [-0.2, -0.15) is 0 Å². The molecule has 3 aromatic heterocycles. The third-order valence-electron chi connectivity index (χ3n) is 6.08. The van der Waals surface area contributed by atoms with Crippen molar-refractivity contribution in [1.82, 2.24) is 0 Å². The van der Waals surface area contributed by atoms with Crippen LogP contribution >= 0.6 is 22.7 Å². The van der Waals surface area contributed by atoms with Gasteiger partial charge in [-0.3, -0.25) is 0 Å². The van der Waals surface area contributed by atoms with Crippen LogP contribution in [0.25, 0.3) is 33.6 Å². The van der Waals surface area contributed by atoms with E-state index in [1.165, 1.54) is 0 Å². The van der Waals surface area contributed by atoms with Gasteiger partial charge >= 0.3 is 14.4 Å². The Balaban J connectivity index is 1.56. The molecule has 0 saturated heterocycles. The highest BCUT2D eigenvalue weighted by atomic mass is 32.1. The largest absolute Gasteiger partial charge is 0.547 e. The van der Waals surface area contributed by atoms with Crippen LogP contribution in [-0.2, 0) is 13.3 Å². The van der Waals surface area contributed by atoms with Crippen molar-refractivity contribution in [1.29, 1.82) is 0 Å². The minimum absolute atomic E-state index is 0.321. The van der Waals surface area contributed by atoms with Gasteiger partial charge in [-0.05, 0) is 89.2 Å². The van der Waals surface area contributed by atoms with Gasteiger partial charge in [0.25, 0.3) is 0 Å². The summed E-state index contributed by atoms with van der Waals surface area (Å²) in [7, 11) is -2.90. The summed E-state index contributed by atoms with van der Waals surface area (Å²) in [6.07, 6.45) is 4.14. The number of hydrogen-bond donors (Lipinski definition) is 0. The van der Waals surface area contributed by atoms with E-state index in [2.05, 4.69) is 43.0 Å². The van der Waals surface area contributed by atoms with Crippen molar-refractivity contribution in [3.63, 3.8) is 0 Å². The normalized spacial score (nSPS) is 12.1. The van der Waals surface area contributed by atoms with Crippen LogP contribution in [0, 0.1) is 0 Å². The molecular formula is C29H35NO5S2Si. The molecular weight excluding hydrogens is 535 g/mol. The molecule has 0 N–H and O–H groups in total. The van der Waals surface area contributed by atoms with Crippen molar-refractivity contribution >= 4 is 64.8 Å². The maximum absolute atomic E-state index is 12.9. The molecule has 6 nitrogen and oxygen atoms in total. The molecule has 0 spiro atoms. The van der Waals surface area contributed by atoms with Crippen LogP contribution in [0.3, 0.4) is 0 Å². The van der Waals surface area contributed by atoms with E-state index in [0.717, 1.165) is 43.3 Å². The van der Waals surface area contributed by atoms with Gasteiger partial charge in [-0.15, -0.1) is 22.7 Å². The van der Waals surface area contributed by atoms with E-state index in [9.17, 15) is 4.79 Å². The molecule has 4 aromatic rings. The zero-order valence-electron chi connectivity index (χ0n) is 22.6. The highest BCUT2D eigenvalue weighted by Crippen LogP contribution is 2.31. The molecule has 202 valence electrons. The fraction of sp³-hybridized carbons (Fsp3) is 0.345. The lowest BCUT2D eigenvalue weighted by atomic mass is 10.1. The Hall–Kier alpha value is -2.53. The lowest BCUT2D eigenvalue weighted by Gasteiger charge is -2.27. The smallest absolute Gasteiger partial charge is 0.422 e. The highest BCUT2D eigenvalue weighted by molar-refractivity contribution is 7.24. The number of rotatable bonds is 13. The van der Waals surface area contributed by atoms with Crippen LogP contribution in [0.15, 0.2) is 57.7 Å². The first kappa shape index (κ1) is 28.5. The summed E-state index contributed by atoms with van der Waals surface area (Å²) in [6.45, 7) is 13.5. The molecule has 0 aliphatic rings. The van der Waals surface area contributed by atoms with Crippen LogP contribution in [0.5, 0.6) is 0 Å². The summed E-state index contributed by atoms with van der Waals surface area (Å²) in [4.78, 5) is 18.1. The Morgan fingerprint density at radius 1 is 0.816 bits per heavy atom. The molecule has 0 amide bonds. The zero-order valence-corrected chi connectivity index (χ0v) is 25.2. The SMILES string of the molecule is CCO[Si](OCC)(OCC)c1ccc(/C=C/c2ccc(-c3cc4ccc(N(CC)CC)cc4oc3=O)s2)s1. The molecule has 0 bridgehead atoms. The molecule has 1 aromatic carbocycles. The molecule has 38 heavy (non-hydrogen) atoms. The number of nitrogens with zero attached hydrogens (tertiary/aromatic N) is 1. The van der Waals surface area contributed by atoms with Gasteiger partial charge in [-0.25, -0.2) is 4.79 Å². The third-order valence-corrected chi connectivity index (χ3v) is 11.9. The van der Waals surface area contributed by atoms with Gasteiger partial charge in [0, 0.05) is 64.7 Å². The fourth-order valence-electron chi connectivity index (χ4n) is 4.32.